The van der Waals surface area contributed by atoms with E-state index in [2.05, 4.69) is 13.5 Å². The number of hydrogen-bond donors (Lipinski definition) is 1. The van der Waals surface area contributed by atoms with Gasteiger partial charge in [-0.15, -0.1) is 0 Å². The maximum Gasteiger partial charge on any atom is 0.245 e. The van der Waals surface area contributed by atoms with Gasteiger partial charge in [0.25, 0.3) is 0 Å². The van der Waals surface area contributed by atoms with Crippen molar-refractivity contribution in [2.24, 2.45) is 0 Å². The first-order valence-corrected chi connectivity index (χ1v) is 12.8. The molecule has 3 aromatic carbocycles. The predicted molar refractivity (Wildman–Crippen MR) is 131 cm³/mol. The molecule has 1 heterocycles. The van der Waals surface area contributed by atoms with E-state index in [1.165, 1.54) is 6.07 Å². The van der Waals surface area contributed by atoms with Gasteiger partial charge in [-0.25, -0.2) is 8.42 Å². The molecular weight excluding hydrogens is 456 g/mol. The summed E-state index contributed by atoms with van der Waals surface area (Å²) in [7, 11) is -4.05. The first-order chi connectivity index (χ1) is 15.9. The van der Waals surface area contributed by atoms with Crippen LogP contribution >= 0.6 is 11.7 Å². The molecule has 0 spiro atoms. The first kappa shape index (κ1) is 23.0. The Kier molecular flexibility index (Phi) is 6.83. The van der Waals surface area contributed by atoms with Crippen LogP contribution in [0.3, 0.4) is 0 Å². The van der Waals surface area contributed by atoms with E-state index in [4.69, 9.17) is 0 Å². The lowest BCUT2D eigenvalue weighted by Crippen LogP contribution is -2.50. The zero-order chi connectivity index (χ0) is 23.4. The molecule has 170 valence electrons. The van der Waals surface area contributed by atoms with Gasteiger partial charge in [-0.3, -0.25) is 4.79 Å². The van der Waals surface area contributed by atoms with E-state index in [9.17, 15) is 13.2 Å². The van der Waals surface area contributed by atoms with Gasteiger partial charge in [0, 0.05) is 12.2 Å². The van der Waals surface area contributed by atoms with Crippen LogP contribution in [0.2, 0.25) is 0 Å². The van der Waals surface area contributed by atoms with Gasteiger partial charge in [0.1, 0.15) is 22.0 Å². The van der Waals surface area contributed by atoms with Gasteiger partial charge in [-0.05, 0) is 55.7 Å². The van der Waals surface area contributed by atoms with Gasteiger partial charge in [0.15, 0.2) is 0 Å². The van der Waals surface area contributed by atoms with Crippen molar-refractivity contribution in [3.63, 3.8) is 0 Å². The monoisotopic (exact) mass is 480 g/mol. The van der Waals surface area contributed by atoms with Crippen LogP contribution in [0.15, 0.2) is 77.7 Å². The largest absolute Gasteiger partial charge is 0.311 e. The van der Waals surface area contributed by atoms with Gasteiger partial charge in [0.2, 0.25) is 15.9 Å². The van der Waals surface area contributed by atoms with Crippen molar-refractivity contribution in [2.75, 3.05) is 11.4 Å². The molecule has 1 atom stereocenters. The topological polar surface area (TPSA) is 92.3 Å². The summed E-state index contributed by atoms with van der Waals surface area (Å²) in [5.41, 5.74) is 3.40. The molecule has 0 radical (unpaired) electrons. The molecule has 0 aliphatic rings. The summed E-state index contributed by atoms with van der Waals surface area (Å²) in [5, 5.41) is 0. The minimum Gasteiger partial charge on any atom is -0.311 e. The van der Waals surface area contributed by atoms with Gasteiger partial charge < -0.3 is 4.90 Å². The number of likely N-dealkylation sites (N-methyl/N-ethyl adjacent to an activating group) is 1. The van der Waals surface area contributed by atoms with E-state index in [-0.39, 0.29) is 17.2 Å². The highest BCUT2D eigenvalue weighted by molar-refractivity contribution is 7.89. The van der Waals surface area contributed by atoms with E-state index < -0.39 is 16.1 Å². The Bertz CT molecular complexity index is 1370. The molecule has 0 fully saturated rings. The molecule has 0 bridgehead atoms. The molecule has 9 heteroatoms. The number of benzene rings is 3. The molecule has 0 aliphatic heterocycles. The fourth-order valence-corrected chi connectivity index (χ4v) is 5.68. The molecule has 0 saturated carbocycles. The SMILES string of the molecule is CCN(C(=O)[C@H](Cc1ccccc1)NS(=O)(=O)c1cccc2nsnc12)c1cccc(C)c1. The summed E-state index contributed by atoms with van der Waals surface area (Å²) in [5.74, 6) is -0.320. The van der Waals surface area contributed by atoms with Gasteiger partial charge >= 0.3 is 0 Å². The van der Waals surface area contributed by atoms with E-state index in [1.54, 1.807) is 17.0 Å². The molecule has 1 aromatic heterocycles. The second kappa shape index (κ2) is 9.78. The lowest BCUT2D eigenvalue weighted by atomic mass is 10.1. The summed E-state index contributed by atoms with van der Waals surface area (Å²) >= 11 is 0.951. The number of carbonyl (C=O) groups excluding carboxylic acids is 1. The maximum absolute atomic E-state index is 13.7. The number of nitrogens with zero attached hydrogens (tertiary/aromatic N) is 3. The van der Waals surface area contributed by atoms with E-state index in [0.29, 0.717) is 17.6 Å². The highest BCUT2D eigenvalue weighted by atomic mass is 32.2. The average Bonchev–Trinajstić information content (AvgIpc) is 3.28. The number of aryl methyl sites for hydroxylation is 1. The number of carbonyl (C=O) groups is 1. The molecule has 1 amide bonds. The normalized spacial score (nSPS) is 12.5. The molecule has 4 rings (SSSR count). The van der Waals surface area contributed by atoms with Crippen LogP contribution in [0, 0.1) is 6.92 Å². The molecule has 33 heavy (non-hydrogen) atoms. The van der Waals surface area contributed by atoms with Gasteiger partial charge in [-0.2, -0.15) is 13.5 Å². The van der Waals surface area contributed by atoms with E-state index >= 15 is 0 Å². The zero-order valence-corrected chi connectivity index (χ0v) is 19.9. The second-order valence-corrected chi connectivity index (χ2v) is 9.88. The Morgan fingerprint density at radius 3 is 2.52 bits per heavy atom. The number of nitrogens with one attached hydrogen (secondary N) is 1. The zero-order valence-electron chi connectivity index (χ0n) is 18.3. The van der Waals surface area contributed by atoms with Crippen molar-refractivity contribution in [1.29, 1.82) is 0 Å². The number of hydrogen-bond acceptors (Lipinski definition) is 6. The number of amides is 1. The van der Waals surface area contributed by atoms with Gasteiger partial charge in [0.05, 0.1) is 11.7 Å². The summed E-state index contributed by atoms with van der Waals surface area (Å²) in [6.07, 6.45) is 0.215. The summed E-state index contributed by atoms with van der Waals surface area (Å²) in [6, 6.07) is 20.8. The Morgan fingerprint density at radius 2 is 1.79 bits per heavy atom. The average molecular weight is 481 g/mol. The number of fused-ring (bicyclic) bond motifs is 1. The molecule has 0 saturated heterocycles. The van der Waals surface area contributed by atoms with Crippen molar-refractivity contribution < 1.29 is 13.2 Å². The van der Waals surface area contributed by atoms with Crippen LogP contribution in [-0.4, -0.2) is 35.7 Å². The highest BCUT2D eigenvalue weighted by Crippen LogP contribution is 2.23. The highest BCUT2D eigenvalue weighted by Gasteiger charge is 2.31. The third-order valence-electron chi connectivity index (χ3n) is 5.31. The molecule has 0 unspecified atom stereocenters. The van der Waals surface area contributed by atoms with Crippen molar-refractivity contribution in [3.05, 3.63) is 83.9 Å². The molecule has 7 nitrogen and oxygen atoms in total. The Labute approximate surface area is 197 Å². The molecule has 4 aromatic rings. The summed E-state index contributed by atoms with van der Waals surface area (Å²) in [6.45, 7) is 4.23. The Balaban J connectivity index is 1.71. The Hall–Kier alpha value is -3.14. The van der Waals surface area contributed by atoms with Crippen molar-refractivity contribution in [1.82, 2.24) is 13.5 Å². The number of sulfonamides is 1. The fourth-order valence-electron chi connectivity index (χ4n) is 3.73. The third kappa shape index (κ3) is 5.11. The maximum atomic E-state index is 13.7. The number of anilines is 1. The van der Waals surface area contributed by atoms with Crippen LogP contribution in [0.25, 0.3) is 11.0 Å². The van der Waals surface area contributed by atoms with Gasteiger partial charge in [-0.1, -0.05) is 48.5 Å². The minimum atomic E-state index is -4.05. The van der Waals surface area contributed by atoms with E-state index in [0.717, 1.165) is 28.5 Å². The molecular formula is C24H24N4O3S2. The van der Waals surface area contributed by atoms with Crippen molar-refractivity contribution in [3.8, 4) is 0 Å². The van der Waals surface area contributed by atoms with Crippen molar-refractivity contribution in [2.45, 2.75) is 31.2 Å². The lowest BCUT2D eigenvalue weighted by molar-refractivity contribution is -0.120. The molecule has 0 aliphatic carbocycles. The quantitative estimate of drug-likeness (QED) is 0.412. The number of rotatable bonds is 8. The standard InChI is InChI=1S/C24H24N4O3S2/c1-3-28(19-12-7-9-17(2)15-19)24(29)21(16-18-10-5-4-6-11-18)27-33(30,31)22-14-8-13-20-23(22)26-32-25-20/h4-15,21,27H,3,16H2,1-2H3/t21-/m0/s1. The Morgan fingerprint density at radius 1 is 1.03 bits per heavy atom. The lowest BCUT2D eigenvalue weighted by Gasteiger charge is -2.27. The number of aromatic nitrogens is 2. The predicted octanol–water partition coefficient (Wildman–Crippen LogP) is 3.94. The first-order valence-electron chi connectivity index (χ1n) is 10.5. The smallest absolute Gasteiger partial charge is 0.245 e. The molecule has 1 N–H and O–H groups in total. The van der Waals surface area contributed by atoms with Crippen LogP contribution in [-0.2, 0) is 21.2 Å². The van der Waals surface area contributed by atoms with Crippen molar-refractivity contribution >= 4 is 44.4 Å². The summed E-state index contributed by atoms with van der Waals surface area (Å²) < 4.78 is 37.7. The summed E-state index contributed by atoms with van der Waals surface area (Å²) in [4.78, 5) is 15.3. The van der Waals surface area contributed by atoms with E-state index in [1.807, 2.05) is 68.4 Å². The van der Waals surface area contributed by atoms with Crippen LogP contribution in [0.4, 0.5) is 5.69 Å². The van der Waals surface area contributed by atoms with Crippen LogP contribution < -0.4 is 9.62 Å². The second-order valence-electron chi connectivity index (χ2n) is 7.67. The van der Waals surface area contributed by atoms with Crippen LogP contribution in [0.5, 0.6) is 0 Å². The third-order valence-corrected chi connectivity index (χ3v) is 7.36. The minimum absolute atomic E-state index is 0.0122. The fraction of sp³-hybridized carbons (Fsp3) is 0.208. The van der Waals surface area contributed by atoms with Crippen LogP contribution in [0.1, 0.15) is 18.1 Å².